The van der Waals surface area contributed by atoms with Crippen molar-refractivity contribution in [3.63, 3.8) is 0 Å². The number of alkyl halides is 2. The van der Waals surface area contributed by atoms with E-state index in [9.17, 15) is 14.0 Å². The number of ether oxygens (including phenoxy) is 1. The molecule has 3 heterocycles. The van der Waals surface area contributed by atoms with E-state index in [1.54, 1.807) is 18.3 Å². The Kier molecular flexibility index (Phi) is 4.56. The largest absolute Gasteiger partial charge is 0.413 e. The smallest absolute Gasteiger partial charge is 0.388 e. The van der Waals surface area contributed by atoms with E-state index in [4.69, 9.17) is 0 Å². The lowest BCUT2D eigenvalue weighted by Crippen LogP contribution is -2.23. The first kappa shape index (κ1) is 17.2. The van der Waals surface area contributed by atoms with E-state index in [1.165, 1.54) is 6.20 Å². The molecule has 0 amide bonds. The van der Waals surface area contributed by atoms with Gasteiger partial charge in [0, 0.05) is 29.7 Å². The predicted octanol–water partition coefficient (Wildman–Crippen LogP) is 2.87. The van der Waals surface area contributed by atoms with E-state index in [0.717, 1.165) is 24.9 Å². The van der Waals surface area contributed by atoms with Crippen LogP contribution in [0, 0.1) is 11.3 Å². The lowest BCUT2D eigenvalue weighted by Gasteiger charge is -2.15. The Morgan fingerprint density at radius 2 is 2.26 bits per heavy atom. The zero-order valence-electron chi connectivity index (χ0n) is 14.2. The summed E-state index contributed by atoms with van der Waals surface area (Å²) in [5, 5.41) is 16.3. The summed E-state index contributed by atoms with van der Waals surface area (Å²) in [6.07, 6.45) is 4.04. The fraction of sp³-hybridized carbons (Fsp3) is 0.278. The van der Waals surface area contributed by atoms with E-state index in [2.05, 4.69) is 36.4 Å². The van der Waals surface area contributed by atoms with Gasteiger partial charge in [0.2, 0.25) is 0 Å². The van der Waals surface area contributed by atoms with Crippen molar-refractivity contribution in [2.45, 2.75) is 19.1 Å². The molecule has 0 bridgehead atoms. The molecular formula is C18H16F2N6O. The Morgan fingerprint density at radius 3 is 3.00 bits per heavy atom. The molecule has 2 aromatic heterocycles. The summed E-state index contributed by atoms with van der Waals surface area (Å²) in [6.45, 7) is -1.44. The quantitative estimate of drug-likeness (QED) is 0.639. The summed E-state index contributed by atoms with van der Waals surface area (Å²) < 4.78 is 30.3. The molecule has 7 nitrogen and oxygen atoms in total. The number of rotatable bonds is 5. The van der Waals surface area contributed by atoms with Crippen molar-refractivity contribution in [3.8, 4) is 23.2 Å². The first-order valence-electron chi connectivity index (χ1n) is 8.45. The molecule has 9 heteroatoms. The summed E-state index contributed by atoms with van der Waals surface area (Å²) in [7, 11) is 0. The highest BCUT2D eigenvalue weighted by Crippen LogP contribution is 2.32. The number of aromatic amines is 1. The molecular weight excluding hydrogens is 354 g/mol. The van der Waals surface area contributed by atoms with Crippen LogP contribution in [-0.4, -0.2) is 40.7 Å². The molecule has 0 spiro atoms. The standard InChI is InChI=1S/C18H16F2N6O/c19-18(20)27-17-16(25-11-4-5-22-7-11)24-9-14(26-17)13-8-23-15-10(6-21)2-1-3-12(13)15/h1-3,8-9,11,18,22-23H,4-5,7H2,(H,24,25). The molecule has 3 aromatic rings. The number of aromatic nitrogens is 3. The van der Waals surface area contributed by atoms with Gasteiger partial charge in [-0.1, -0.05) is 12.1 Å². The number of halogens is 2. The Labute approximate surface area is 153 Å². The lowest BCUT2D eigenvalue weighted by atomic mass is 10.1. The van der Waals surface area contributed by atoms with E-state index in [1.807, 2.05) is 6.07 Å². The maximum Gasteiger partial charge on any atom is 0.388 e. The summed E-state index contributed by atoms with van der Waals surface area (Å²) in [5.74, 6) is -0.0644. The van der Waals surface area contributed by atoms with Crippen LogP contribution in [-0.2, 0) is 0 Å². The van der Waals surface area contributed by atoms with Crippen molar-refractivity contribution in [1.82, 2.24) is 20.3 Å². The van der Waals surface area contributed by atoms with Gasteiger partial charge in [-0.2, -0.15) is 14.0 Å². The third-order valence-electron chi connectivity index (χ3n) is 4.45. The number of H-pyrrole nitrogens is 1. The lowest BCUT2D eigenvalue weighted by molar-refractivity contribution is -0.0524. The normalized spacial score (nSPS) is 16.6. The number of hydrogen-bond donors (Lipinski definition) is 3. The molecule has 1 aromatic carbocycles. The van der Waals surface area contributed by atoms with Crippen LogP contribution in [0.5, 0.6) is 5.88 Å². The Morgan fingerprint density at radius 1 is 1.37 bits per heavy atom. The maximum absolute atomic E-state index is 12.9. The molecule has 1 aliphatic heterocycles. The first-order chi connectivity index (χ1) is 13.2. The van der Waals surface area contributed by atoms with Gasteiger partial charge < -0.3 is 20.4 Å². The Balaban J connectivity index is 1.74. The van der Waals surface area contributed by atoms with Crippen LogP contribution in [0.3, 0.4) is 0 Å². The van der Waals surface area contributed by atoms with Crippen LogP contribution in [0.15, 0.2) is 30.6 Å². The van der Waals surface area contributed by atoms with Gasteiger partial charge in [0.1, 0.15) is 6.07 Å². The van der Waals surface area contributed by atoms with Crippen molar-refractivity contribution in [1.29, 1.82) is 5.26 Å². The molecule has 1 fully saturated rings. The number of benzene rings is 1. The zero-order chi connectivity index (χ0) is 18.8. The second-order valence-electron chi connectivity index (χ2n) is 6.16. The van der Waals surface area contributed by atoms with Gasteiger partial charge in [-0.15, -0.1) is 0 Å². The van der Waals surface area contributed by atoms with Crippen LogP contribution < -0.4 is 15.4 Å². The molecule has 1 unspecified atom stereocenters. The van der Waals surface area contributed by atoms with Crippen LogP contribution >= 0.6 is 0 Å². The van der Waals surface area contributed by atoms with E-state index < -0.39 is 6.61 Å². The number of anilines is 1. The SMILES string of the molecule is N#Cc1cccc2c(-c3cnc(NC4CCNC4)c(OC(F)F)n3)c[nH]c12. The van der Waals surface area contributed by atoms with Crippen LogP contribution in [0.25, 0.3) is 22.2 Å². The Hall–Kier alpha value is -3.25. The first-order valence-corrected chi connectivity index (χ1v) is 8.45. The molecule has 0 aliphatic carbocycles. The fourth-order valence-electron chi connectivity index (χ4n) is 3.20. The highest BCUT2D eigenvalue weighted by atomic mass is 19.3. The summed E-state index contributed by atoms with van der Waals surface area (Å²) >= 11 is 0. The van der Waals surface area contributed by atoms with Gasteiger partial charge in [-0.3, -0.25) is 0 Å². The molecule has 27 heavy (non-hydrogen) atoms. The third kappa shape index (κ3) is 3.39. The van der Waals surface area contributed by atoms with Crippen LogP contribution in [0.4, 0.5) is 14.6 Å². The highest BCUT2D eigenvalue weighted by molar-refractivity contribution is 5.97. The Bertz CT molecular complexity index is 1010. The minimum atomic E-state index is -3.01. The molecule has 1 saturated heterocycles. The van der Waals surface area contributed by atoms with Crippen molar-refractivity contribution < 1.29 is 13.5 Å². The molecule has 1 atom stereocenters. The van der Waals surface area contributed by atoms with Gasteiger partial charge in [0.15, 0.2) is 5.82 Å². The molecule has 1 aliphatic rings. The van der Waals surface area contributed by atoms with Gasteiger partial charge >= 0.3 is 6.61 Å². The molecule has 0 radical (unpaired) electrons. The summed E-state index contributed by atoms with van der Waals surface area (Å²) in [5.41, 5.74) is 2.18. The van der Waals surface area contributed by atoms with Crippen molar-refractivity contribution in [2.75, 3.05) is 18.4 Å². The molecule has 4 rings (SSSR count). The van der Waals surface area contributed by atoms with E-state index in [0.29, 0.717) is 22.3 Å². The maximum atomic E-state index is 12.9. The van der Waals surface area contributed by atoms with E-state index >= 15 is 0 Å². The average molecular weight is 370 g/mol. The fourth-order valence-corrected chi connectivity index (χ4v) is 3.20. The highest BCUT2D eigenvalue weighted by Gasteiger charge is 2.21. The van der Waals surface area contributed by atoms with Gasteiger partial charge in [-0.05, 0) is 19.0 Å². The number of hydrogen-bond acceptors (Lipinski definition) is 6. The molecule has 138 valence electrons. The minimum Gasteiger partial charge on any atom is -0.413 e. The van der Waals surface area contributed by atoms with Crippen molar-refractivity contribution in [2.24, 2.45) is 0 Å². The monoisotopic (exact) mass is 370 g/mol. The van der Waals surface area contributed by atoms with Gasteiger partial charge in [-0.25, -0.2) is 9.97 Å². The molecule has 0 saturated carbocycles. The molecule has 3 N–H and O–H groups in total. The van der Waals surface area contributed by atoms with Gasteiger partial charge in [0.05, 0.1) is 23.0 Å². The second-order valence-corrected chi connectivity index (χ2v) is 6.16. The van der Waals surface area contributed by atoms with Gasteiger partial charge in [0.25, 0.3) is 5.88 Å². The van der Waals surface area contributed by atoms with Crippen LogP contribution in [0.2, 0.25) is 0 Å². The summed E-state index contributed by atoms with van der Waals surface area (Å²) in [4.78, 5) is 11.6. The number of nitrogens with one attached hydrogen (secondary N) is 3. The average Bonchev–Trinajstić information content (AvgIpc) is 3.32. The zero-order valence-corrected chi connectivity index (χ0v) is 14.2. The predicted molar refractivity (Wildman–Crippen MR) is 95.6 cm³/mol. The van der Waals surface area contributed by atoms with Crippen LogP contribution in [0.1, 0.15) is 12.0 Å². The third-order valence-corrected chi connectivity index (χ3v) is 4.45. The number of nitrogens with zero attached hydrogens (tertiary/aromatic N) is 3. The second kappa shape index (κ2) is 7.17. The van der Waals surface area contributed by atoms with E-state index in [-0.39, 0.29) is 17.7 Å². The summed E-state index contributed by atoms with van der Waals surface area (Å²) in [6, 6.07) is 7.47. The topological polar surface area (TPSA) is 98.7 Å². The van der Waals surface area contributed by atoms with Crippen molar-refractivity contribution in [3.05, 3.63) is 36.2 Å². The number of para-hydroxylation sites is 1. The minimum absolute atomic E-state index is 0.0800. The number of fused-ring (bicyclic) bond motifs is 1. The number of nitriles is 1. The van der Waals surface area contributed by atoms with Crippen molar-refractivity contribution >= 4 is 16.7 Å².